The van der Waals surface area contributed by atoms with E-state index in [1.165, 1.54) is 16.4 Å². The first-order valence-electron chi connectivity index (χ1n) is 7.19. The predicted molar refractivity (Wildman–Crippen MR) is 76.7 cm³/mol. The molecule has 21 heavy (non-hydrogen) atoms. The highest BCUT2D eigenvalue weighted by Gasteiger charge is 2.42. The predicted octanol–water partition coefficient (Wildman–Crippen LogP) is 1.74. The Labute approximate surface area is 123 Å². The van der Waals surface area contributed by atoms with Crippen LogP contribution in [0.1, 0.15) is 25.7 Å². The maximum Gasteiger partial charge on any atom is 0.248 e. The third-order valence-corrected chi connectivity index (χ3v) is 6.26. The molecule has 0 radical (unpaired) electrons. The van der Waals surface area contributed by atoms with Gasteiger partial charge in [-0.05, 0) is 25.0 Å². The standard InChI is InChI=1S/C14H19FN2O3S/c15-10-4-3-5-11(16)14(10)21(18,19)17-8-9-20-13-7-2-1-6-12(13)17/h3-5,12-13H,1-2,6-9,16H2. The molecule has 116 valence electrons. The highest BCUT2D eigenvalue weighted by atomic mass is 32.2. The van der Waals surface area contributed by atoms with E-state index >= 15 is 0 Å². The molecule has 1 aromatic rings. The molecule has 2 atom stereocenters. The Morgan fingerprint density at radius 2 is 2.05 bits per heavy atom. The minimum Gasteiger partial charge on any atom is -0.398 e. The maximum atomic E-state index is 14.0. The molecular formula is C14H19FN2O3S. The van der Waals surface area contributed by atoms with Gasteiger partial charge in [-0.2, -0.15) is 4.31 Å². The van der Waals surface area contributed by atoms with Crippen molar-refractivity contribution in [2.75, 3.05) is 18.9 Å². The zero-order valence-corrected chi connectivity index (χ0v) is 12.5. The molecule has 0 bridgehead atoms. The lowest BCUT2D eigenvalue weighted by molar-refractivity contribution is -0.0586. The lowest BCUT2D eigenvalue weighted by Gasteiger charge is -2.42. The molecule has 0 aromatic heterocycles. The molecule has 1 aromatic carbocycles. The van der Waals surface area contributed by atoms with Crippen LogP contribution < -0.4 is 5.73 Å². The quantitative estimate of drug-likeness (QED) is 0.844. The summed E-state index contributed by atoms with van der Waals surface area (Å²) in [7, 11) is -3.94. The first-order valence-corrected chi connectivity index (χ1v) is 8.63. The number of benzene rings is 1. The monoisotopic (exact) mass is 314 g/mol. The molecule has 2 fully saturated rings. The second-order valence-corrected chi connectivity index (χ2v) is 7.36. The minimum atomic E-state index is -3.94. The number of fused-ring (bicyclic) bond motifs is 1. The molecule has 1 aliphatic heterocycles. The van der Waals surface area contributed by atoms with E-state index in [1.54, 1.807) is 0 Å². The summed E-state index contributed by atoms with van der Waals surface area (Å²) < 4.78 is 46.7. The van der Waals surface area contributed by atoms with Gasteiger partial charge < -0.3 is 10.5 Å². The van der Waals surface area contributed by atoms with E-state index in [9.17, 15) is 12.8 Å². The Balaban J connectivity index is 2.01. The highest BCUT2D eigenvalue weighted by Crippen LogP contribution is 2.34. The van der Waals surface area contributed by atoms with Crippen molar-refractivity contribution in [1.29, 1.82) is 0 Å². The number of hydrogen-bond donors (Lipinski definition) is 1. The Bertz CT molecular complexity index is 613. The largest absolute Gasteiger partial charge is 0.398 e. The number of anilines is 1. The van der Waals surface area contributed by atoms with Gasteiger partial charge in [0.1, 0.15) is 10.7 Å². The summed E-state index contributed by atoms with van der Waals surface area (Å²) in [4.78, 5) is -0.406. The second kappa shape index (κ2) is 5.55. The fourth-order valence-corrected chi connectivity index (χ4v) is 5.10. The minimum absolute atomic E-state index is 0.0474. The number of nitrogens with two attached hydrogens (primary N) is 1. The van der Waals surface area contributed by atoms with Crippen LogP contribution in [-0.4, -0.2) is 38.0 Å². The van der Waals surface area contributed by atoms with E-state index in [0.29, 0.717) is 6.61 Å². The molecule has 0 spiro atoms. The Hall–Kier alpha value is -1.18. The Morgan fingerprint density at radius 1 is 1.29 bits per heavy atom. The van der Waals surface area contributed by atoms with Gasteiger partial charge in [-0.25, -0.2) is 12.8 Å². The molecule has 2 unspecified atom stereocenters. The van der Waals surface area contributed by atoms with Gasteiger partial charge >= 0.3 is 0 Å². The van der Waals surface area contributed by atoms with E-state index in [4.69, 9.17) is 10.5 Å². The molecule has 5 nitrogen and oxygen atoms in total. The van der Waals surface area contributed by atoms with Crippen LogP contribution in [0.25, 0.3) is 0 Å². The fraction of sp³-hybridized carbons (Fsp3) is 0.571. The van der Waals surface area contributed by atoms with E-state index in [0.717, 1.165) is 31.7 Å². The normalized spacial score (nSPS) is 27.3. The molecule has 2 aliphatic rings. The number of nitrogens with zero attached hydrogens (tertiary/aromatic N) is 1. The third kappa shape index (κ3) is 2.54. The highest BCUT2D eigenvalue weighted by molar-refractivity contribution is 7.89. The molecule has 1 heterocycles. The van der Waals surface area contributed by atoms with Gasteiger partial charge in [-0.15, -0.1) is 0 Å². The number of ether oxygens (including phenoxy) is 1. The van der Waals surface area contributed by atoms with E-state index in [-0.39, 0.29) is 24.4 Å². The summed E-state index contributed by atoms with van der Waals surface area (Å²) in [6.45, 7) is 0.589. The number of nitrogen functional groups attached to an aromatic ring is 1. The maximum absolute atomic E-state index is 14.0. The summed E-state index contributed by atoms with van der Waals surface area (Å²) in [5.74, 6) is -0.797. The molecule has 2 N–H and O–H groups in total. The third-order valence-electron chi connectivity index (χ3n) is 4.25. The average Bonchev–Trinajstić information content (AvgIpc) is 2.46. The molecule has 1 saturated carbocycles. The summed E-state index contributed by atoms with van der Waals surface area (Å²) >= 11 is 0. The summed E-state index contributed by atoms with van der Waals surface area (Å²) in [6.07, 6.45) is 3.51. The van der Waals surface area contributed by atoms with Crippen LogP contribution in [-0.2, 0) is 14.8 Å². The van der Waals surface area contributed by atoms with Crippen LogP contribution in [0.4, 0.5) is 10.1 Å². The number of rotatable bonds is 2. The topological polar surface area (TPSA) is 72.6 Å². The van der Waals surface area contributed by atoms with Gasteiger partial charge in [-0.3, -0.25) is 0 Å². The SMILES string of the molecule is Nc1cccc(F)c1S(=O)(=O)N1CCOC2CCCCC21. The smallest absolute Gasteiger partial charge is 0.248 e. The van der Waals surface area contributed by atoms with Crippen LogP contribution in [0.2, 0.25) is 0 Å². The van der Waals surface area contributed by atoms with Crippen LogP contribution in [0.3, 0.4) is 0 Å². The number of halogens is 1. The van der Waals surface area contributed by atoms with Crippen molar-refractivity contribution in [3.8, 4) is 0 Å². The molecule has 3 rings (SSSR count). The number of hydrogen-bond acceptors (Lipinski definition) is 4. The number of morpholine rings is 1. The zero-order chi connectivity index (χ0) is 15.0. The molecule has 1 aliphatic carbocycles. The van der Waals surface area contributed by atoms with E-state index < -0.39 is 20.7 Å². The summed E-state index contributed by atoms with van der Waals surface area (Å²) in [5, 5.41) is 0. The Morgan fingerprint density at radius 3 is 2.81 bits per heavy atom. The Kier molecular flexibility index (Phi) is 3.90. The lowest BCUT2D eigenvalue weighted by atomic mass is 9.91. The van der Waals surface area contributed by atoms with Gasteiger partial charge in [0, 0.05) is 6.54 Å². The van der Waals surface area contributed by atoms with Crippen molar-refractivity contribution >= 4 is 15.7 Å². The van der Waals surface area contributed by atoms with Crippen molar-refractivity contribution in [3.63, 3.8) is 0 Å². The van der Waals surface area contributed by atoms with Gasteiger partial charge in [0.2, 0.25) is 10.0 Å². The van der Waals surface area contributed by atoms with Gasteiger partial charge in [0.25, 0.3) is 0 Å². The number of sulfonamides is 1. The van der Waals surface area contributed by atoms with Crippen LogP contribution >= 0.6 is 0 Å². The van der Waals surface area contributed by atoms with E-state index in [1.807, 2.05) is 0 Å². The van der Waals surface area contributed by atoms with Gasteiger partial charge in [0.15, 0.2) is 0 Å². The van der Waals surface area contributed by atoms with Gasteiger partial charge in [-0.1, -0.05) is 18.9 Å². The fourth-order valence-electron chi connectivity index (χ4n) is 3.27. The van der Waals surface area contributed by atoms with Crippen molar-refractivity contribution in [2.45, 2.75) is 42.7 Å². The van der Waals surface area contributed by atoms with Crippen LogP contribution in [0.15, 0.2) is 23.1 Å². The first-order chi connectivity index (χ1) is 10.0. The van der Waals surface area contributed by atoms with Crippen molar-refractivity contribution < 1.29 is 17.5 Å². The molecule has 0 amide bonds. The van der Waals surface area contributed by atoms with Crippen molar-refractivity contribution in [2.24, 2.45) is 0 Å². The molecular weight excluding hydrogens is 295 g/mol. The molecule has 7 heteroatoms. The van der Waals surface area contributed by atoms with E-state index in [2.05, 4.69) is 0 Å². The summed E-state index contributed by atoms with van der Waals surface area (Å²) in [6, 6.07) is 3.74. The molecule has 1 saturated heterocycles. The van der Waals surface area contributed by atoms with Gasteiger partial charge in [0.05, 0.1) is 24.4 Å². The van der Waals surface area contributed by atoms with Crippen LogP contribution in [0, 0.1) is 5.82 Å². The summed E-state index contributed by atoms with van der Waals surface area (Å²) in [5.41, 5.74) is 5.66. The van der Waals surface area contributed by atoms with Crippen molar-refractivity contribution in [1.82, 2.24) is 4.31 Å². The zero-order valence-electron chi connectivity index (χ0n) is 11.7. The average molecular weight is 314 g/mol. The second-order valence-electron chi connectivity index (χ2n) is 5.53. The van der Waals surface area contributed by atoms with Crippen molar-refractivity contribution in [3.05, 3.63) is 24.0 Å². The lowest BCUT2D eigenvalue weighted by Crippen LogP contribution is -2.54. The van der Waals surface area contributed by atoms with Crippen LogP contribution in [0.5, 0.6) is 0 Å². The first kappa shape index (κ1) is 14.7.